The molecule has 2 rings (SSSR count). The Bertz CT molecular complexity index is 525. The highest BCUT2D eigenvalue weighted by Crippen LogP contribution is 2.33. The van der Waals surface area contributed by atoms with Gasteiger partial charge in [0.05, 0.1) is 11.7 Å². The first-order chi connectivity index (χ1) is 10.7. The van der Waals surface area contributed by atoms with Gasteiger partial charge in [-0.25, -0.2) is 12.7 Å². The van der Waals surface area contributed by atoms with Crippen LogP contribution in [0, 0.1) is 5.92 Å². The molecule has 2 atom stereocenters. The van der Waals surface area contributed by atoms with Gasteiger partial charge in [0.1, 0.15) is 0 Å². The Hall–Kier alpha value is -0.660. The van der Waals surface area contributed by atoms with Crippen LogP contribution in [0.1, 0.15) is 52.4 Å². The Morgan fingerprint density at radius 3 is 2.39 bits per heavy atom. The molecule has 1 amide bonds. The van der Waals surface area contributed by atoms with Crippen molar-refractivity contribution in [2.24, 2.45) is 11.7 Å². The summed E-state index contributed by atoms with van der Waals surface area (Å²) in [6, 6.07) is -0.000356. The Kier molecular flexibility index (Phi) is 5.74. The molecule has 0 aromatic rings. The van der Waals surface area contributed by atoms with Crippen molar-refractivity contribution < 1.29 is 13.2 Å². The molecular weight excluding hydrogens is 314 g/mol. The summed E-state index contributed by atoms with van der Waals surface area (Å²) in [4.78, 5) is 14.7. The van der Waals surface area contributed by atoms with Crippen LogP contribution in [0.5, 0.6) is 0 Å². The smallest absolute Gasteiger partial charge is 0.227 e. The predicted molar refractivity (Wildman–Crippen MR) is 91.4 cm³/mol. The van der Waals surface area contributed by atoms with E-state index in [0.29, 0.717) is 25.9 Å². The molecule has 7 heteroatoms. The Balaban J connectivity index is 1.95. The number of piperidine rings is 1. The molecule has 1 heterocycles. The van der Waals surface area contributed by atoms with Crippen molar-refractivity contribution in [3.8, 4) is 0 Å². The van der Waals surface area contributed by atoms with E-state index in [4.69, 9.17) is 5.73 Å². The highest BCUT2D eigenvalue weighted by Gasteiger charge is 2.41. The van der Waals surface area contributed by atoms with Gasteiger partial charge in [-0.2, -0.15) is 0 Å². The second-order valence-corrected chi connectivity index (χ2v) is 9.59. The number of rotatable bonds is 4. The summed E-state index contributed by atoms with van der Waals surface area (Å²) in [6.07, 6.45) is 5.34. The van der Waals surface area contributed by atoms with Crippen molar-refractivity contribution in [3.63, 3.8) is 0 Å². The van der Waals surface area contributed by atoms with Gasteiger partial charge in [0.15, 0.2) is 0 Å². The molecule has 1 aliphatic heterocycles. The standard InChI is InChI=1S/C16H31N3O3S/c1-4-23(21,22)18(3)13-8-11-19(12-9-13)15(20)14-7-5-6-10-16(14,2)17/h13-14H,4-12,17H2,1-3H3. The quantitative estimate of drug-likeness (QED) is 0.829. The summed E-state index contributed by atoms with van der Waals surface area (Å²) in [6.45, 7) is 4.90. The molecule has 0 bridgehead atoms. The molecule has 2 aliphatic rings. The second-order valence-electron chi connectivity index (χ2n) is 7.28. The number of nitrogens with two attached hydrogens (primary N) is 1. The first-order valence-electron chi connectivity index (χ1n) is 8.72. The van der Waals surface area contributed by atoms with E-state index in [1.54, 1.807) is 14.0 Å². The van der Waals surface area contributed by atoms with Gasteiger partial charge in [0, 0.05) is 31.7 Å². The highest BCUT2D eigenvalue weighted by molar-refractivity contribution is 7.89. The van der Waals surface area contributed by atoms with Crippen LogP contribution in [-0.4, -0.2) is 61.0 Å². The van der Waals surface area contributed by atoms with E-state index in [-0.39, 0.29) is 23.6 Å². The Morgan fingerprint density at radius 1 is 1.26 bits per heavy atom. The van der Waals surface area contributed by atoms with Gasteiger partial charge in [-0.15, -0.1) is 0 Å². The van der Waals surface area contributed by atoms with Crippen LogP contribution in [-0.2, 0) is 14.8 Å². The van der Waals surface area contributed by atoms with Gasteiger partial charge in [0.25, 0.3) is 0 Å². The normalized spacial score (nSPS) is 30.7. The average molecular weight is 346 g/mol. The average Bonchev–Trinajstić information content (AvgIpc) is 2.53. The number of hydrogen-bond acceptors (Lipinski definition) is 4. The van der Waals surface area contributed by atoms with E-state index in [1.165, 1.54) is 4.31 Å². The monoisotopic (exact) mass is 345 g/mol. The second kappa shape index (κ2) is 7.07. The minimum absolute atomic E-state index is 0.000356. The van der Waals surface area contributed by atoms with Crippen molar-refractivity contribution in [1.82, 2.24) is 9.21 Å². The van der Waals surface area contributed by atoms with Crippen LogP contribution in [0.25, 0.3) is 0 Å². The zero-order valence-corrected chi connectivity index (χ0v) is 15.4. The molecule has 0 spiro atoms. The SMILES string of the molecule is CCS(=O)(=O)N(C)C1CCN(C(=O)C2CCCCC2(C)N)CC1. The minimum atomic E-state index is -3.16. The fourth-order valence-electron chi connectivity index (χ4n) is 3.86. The van der Waals surface area contributed by atoms with Crippen molar-refractivity contribution in [3.05, 3.63) is 0 Å². The highest BCUT2D eigenvalue weighted by atomic mass is 32.2. The van der Waals surface area contributed by atoms with E-state index < -0.39 is 15.6 Å². The third-order valence-corrected chi connectivity index (χ3v) is 7.55. The molecule has 0 aromatic heterocycles. The molecular formula is C16H31N3O3S. The summed E-state index contributed by atoms with van der Waals surface area (Å²) in [5.41, 5.74) is 5.94. The van der Waals surface area contributed by atoms with Gasteiger partial charge in [-0.1, -0.05) is 12.8 Å². The maximum atomic E-state index is 12.8. The maximum absolute atomic E-state index is 12.8. The topological polar surface area (TPSA) is 83.7 Å². The molecule has 134 valence electrons. The minimum Gasteiger partial charge on any atom is -0.342 e. The van der Waals surface area contributed by atoms with Crippen molar-refractivity contribution in [1.29, 1.82) is 0 Å². The Labute approximate surface area is 140 Å². The summed E-state index contributed by atoms with van der Waals surface area (Å²) < 4.78 is 25.4. The van der Waals surface area contributed by atoms with Gasteiger partial charge < -0.3 is 10.6 Å². The fraction of sp³-hybridized carbons (Fsp3) is 0.938. The molecule has 0 aromatic carbocycles. The number of carbonyl (C=O) groups is 1. The first-order valence-corrected chi connectivity index (χ1v) is 10.3. The van der Waals surface area contributed by atoms with E-state index in [2.05, 4.69) is 0 Å². The van der Waals surface area contributed by atoms with Crippen LogP contribution < -0.4 is 5.73 Å². The largest absolute Gasteiger partial charge is 0.342 e. The number of nitrogens with zero attached hydrogens (tertiary/aromatic N) is 2. The molecule has 1 saturated carbocycles. The molecule has 0 radical (unpaired) electrons. The molecule has 2 N–H and O–H groups in total. The molecule has 23 heavy (non-hydrogen) atoms. The third-order valence-electron chi connectivity index (χ3n) is 5.65. The van der Waals surface area contributed by atoms with E-state index in [9.17, 15) is 13.2 Å². The number of hydrogen-bond donors (Lipinski definition) is 1. The van der Waals surface area contributed by atoms with Gasteiger partial charge in [-0.3, -0.25) is 4.79 Å². The molecule has 1 aliphatic carbocycles. The van der Waals surface area contributed by atoms with Crippen molar-refractivity contribution >= 4 is 15.9 Å². The van der Waals surface area contributed by atoms with Gasteiger partial charge in [-0.05, 0) is 39.5 Å². The van der Waals surface area contributed by atoms with Crippen LogP contribution >= 0.6 is 0 Å². The first kappa shape index (κ1) is 18.7. The third kappa shape index (κ3) is 4.06. The van der Waals surface area contributed by atoms with Crippen LogP contribution in [0.4, 0.5) is 0 Å². The molecule has 2 fully saturated rings. The zero-order valence-electron chi connectivity index (χ0n) is 14.6. The van der Waals surface area contributed by atoms with Crippen LogP contribution in [0.3, 0.4) is 0 Å². The summed E-state index contributed by atoms with van der Waals surface area (Å²) in [5.74, 6) is 0.190. The van der Waals surface area contributed by atoms with Gasteiger partial charge in [0.2, 0.25) is 15.9 Å². The number of sulfonamides is 1. The molecule has 1 saturated heterocycles. The van der Waals surface area contributed by atoms with Gasteiger partial charge >= 0.3 is 0 Å². The number of likely N-dealkylation sites (tertiary alicyclic amines) is 1. The zero-order chi connectivity index (χ0) is 17.3. The molecule has 6 nitrogen and oxygen atoms in total. The fourth-order valence-corrected chi connectivity index (χ4v) is 4.94. The lowest BCUT2D eigenvalue weighted by molar-refractivity contribution is -0.140. The number of carbonyl (C=O) groups excluding carboxylic acids is 1. The van der Waals surface area contributed by atoms with E-state index >= 15 is 0 Å². The number of amides is 1. The Morgan fingerprint density at radius 2 is 1.87 bits per heavy atom. The summed E-state index contributed by atoms with van der Waals surface area (Å²) in [5, 5.41) is 0. The lowest BCUT2D eigenvalue weighted by Crippen LogP contribution is -2.56. The maximum Gasteiger partial charge on any atom is 0.227 e. The molecule has 2 unspecified atom stereocenters. The summed E-state index contributed by atoms with van der Waals surface area (Å²) in [7, 11) is -1.51. The lowest BCUT2D eigenvalue weighted by atomic mass is 9.74. The van der Waals surface area contributed by atoms with Crippen LogP contribution in [0.2, 0.25) is 0 Å². The van der Waals surface area contributed by atoms with Crippen molar-refractivity contribution in [2.75, 3.05) is 25.9 Å². The van der Waals surface area contributed by atoms with E-state index in [0.717, 1.165) is 25.7 Å². The summed E-state index contributed by atoms with van der Waals surface area (Å²) >= 11 is 0. The van der Waals surface area contributed by atoms with E-state index in [1.807, 2.05) is 11.8 Å². The van der Waals surface area contributed by atoms with Crippen molar-refractivity contribution in [2.45, 2.75) is 64.0 Å². The predicted octanol–water partition coefficient (Wildman–Crippen LogP) is 1.17. The van der Waals surface area contributed by atoms with Crippen LogP contribution in [0.15, 0.2) is 0 Å². The lowest BCUT2D eigenvalue weighted by Gasteiger charge is -2.42.